The van der Waals surface area contributed by atoms with Crippen molar-refractivity contribution in [1.29, 1.82) is 0 Å². The fourth-order valence-electron chi connectivity index (χ4n) is 2.07. The molecule has 0 amide bonds. The summed E-state index contributed by atoms with van der Waals surface area (Å²) in [5.74, 6) is 0. The Kier molecular flexibility index (Phi) is 5.53. The van der Waals surface area contributed by atoms with Crippen molar-refractivity contribution in [3.05, 3.63) is 0 Å². The lowest BCUT2D eigenvalue weighted by molar-refractivity contribution is 0.0582. The fourth-order valence-corrected chi connectivity index (χ4v) is 2.07. The van der Waals surface area contributed by atoms with Gasteiger partial charge in [0, 0.05) is 18.7 Å². The zero-order valence-electron chi connectivity index (χ0n) is 9.63. The summed E-state index contributed by atoms with van der Waals surface area (Å²) in [6, 6.07) is 0.0856. The third kappa shape index (κ3) is 2.66. The monoisotopic (exact) mass is 188 g/mol. The second kappa shape index (κ2) is 5.58. The van der Waals surface area contributed by atoms with Crippen LogP contribution in [0.5, 0.6) is 0 Å². The maximum Gasteiger partial charge on any atom is 0.0631 e. The molecule has 0 aliphatic heterocycles. The van der Waals surface area contributed by atoms with E-state index in [1.807, 2.05) is 0 Å². The molecule has 0 aromatic heterocycles. The van der Waals surface area contributed by atoms with Crippen molar-refractivity contribution >= 4 is 0 Å². The topological polar surface area (TPSA) is 38.5 Å². The first-order valence-corrected chi connectivity index (χ1v) is 4.97. The summed E-state index contributed by atoms with van der Waals surface area (Å²) in [6.07, 6.45) is 2.11. The molecular weight excluding hydrogens is 164 g/mol. The number of nitrogens with two attached hydrogens (primary N) is 1. The average molecular weight is 188 g/mol. The summed E-state index contributed by atoms with van der Waals surface area (Å²) < 4.78 is 5.11. The van der Waals surface area contributed by atoms with Gasteiger partial charge in [-0.15, -0.1) is 0 Å². The van der Waals surface area contributed by atoms with Crippen LogP contribution < -0.4 is 5.73 Å². The van der Waals surface area contributed by atoms with E-state index >= 15 is 0 Å². The summed E-state index contributed by atoms with van der Waals surface area (Å²) in [5, 5.41) is 0. The Labute approximate surface area is 82.2 Å². The summed E-state index contributed by atoms with van der Waals surface area (Å²) in [5.41, 5.74) is 6.20. The van der Waals surface area contributed by atoms with E-state index in [1.165, 1.54) is 0 Å². The number of rotatable bonds is 6. The Hall–Kier alpha value is -0.120. The minimum atomic E-state index is 0.0794. The predicted molar refractivity (Wildman–Crippen MR) is 56.9 cm³/mol. The van der Waals surface area contributed by atoms with Gasteiger partial charge in [-0.2, -0.15) is 0 Å². The summed E-state index contributed by atoms with van der Waals surface area (Å²) in [6.45, 7) is 4.98. The maximum absolute atomic E-state index is 6.12. The molecule has 0 bridgehead atoms. The van der Waals surface area contributed by atoms with Gasteiger partial charge in [0.25, 0.3) is 0 Å². The van der Waals surface area contributed by atoms with Crippen molar-refractivity contribution in [2.24, 2.45) is 5.73 Å². The van der Waals surface area contributed by atoms with Crippen LogP contribution in [0.1, 0.15) is 26.7 Å². The molecule has 0 aliphatic rings. The highest BCUT2D eigenvalue weighted by Crippen LogP contribution is 2.24. The van der Waals surface area contributed by atoms with E-state index in [4.69, 9.17) is 10.5 Å². The molecule has 3 nitrogen and oxygen atoms in total. The van der Waals surface area contributed by atoms with E-state index in [0.717, 1.165) is 12.8 Å². The number of methoxy groups -OCH3 is 1. The van der Waals surface area contributed by atoms with Crippen molar-refractivity contribution in [3.63, 3.8) is 0 Å². The van der Waals surface area contributed by atoms with Gasteiger partial charge < -0.3 is 15.4 Å². The van der Waals surface area contributed by atoms with Gasteiger partial charge in [-0.05, 0) is 26.9 Å². The highest BCUT2D eigenvalue weighted by Gasteiger charge is 2.35. The molecule has 0 heterocycles. The number of hydrogen-bond acceptors (Lipinski definition) is 3. The third-order valence-corrected chi connectivity index (χ3v) is 3.15. The van der Waals surface area contributed by atoms with Gasteiger partial charge in [0.15, 0.2) is 0 Å². The summed E-state index contributed by atoms with van der Waals surface area (Å²) in [4.78, 5) is 2.22. The van der Waals surface area contributed by atoms with Crippen LogP contribution in [0.15, 0.2) is 0 Å². The minimum absolute atomic E-state index is 0.0794. The van der Waals surface area contributed by atoms with Crippen LogP contribution in [0, 0.1) is 0 Å². The zero-order valence-corrected chi connectivity index (χ0v) is 9.63. The minimum Gasteiger partial charge on any atom is -0.383 e. The molecule has 0 aromatic rings. The van der Waals surface area contributed by atoms with E-state index in [1.54, 1.807) is 7.11 Å². The molecule has 0 saturated carbocycles. The Morgan fingerprint density at radius 1 is 1.31 bits per heavy atom. The fraction of sp³-hybridized carbons (Fsp3) is 1.00. The standard InChI is InChI=1S/C10H24N2O/c1-6-10(7-2,12(3)4)9(11)8-13-5/h9H,6-8,11H2,1-5H3. The average Bonchev–Trinajstić information content (AvgIpc) is 2.07. The van der Waals surface area contributed by atoms with Crippen LogP contribution in [0.3, 0.4) is 0 Å². The quantitative estimate of drug-likeness (QED) is 0.678. The number of nitrogens with zero attached hydrogens (tertiary/aromatic N) is 1. The molecule has 0 saturated heterocycles. The Morgan fingerprint density at radius 2 is 1.77 bits per heavy atom. The number of likely N-dealkylation sites (N-methyl/N-ethyl adjacent to an activating group) is 1. The van der Waals surface area contributed by atoms with Crippen LogP contribution >= 0.6 is 0 Å². The van der Waals surface area contributed by atoms with E-state index in [0.29, 0.717) is 6.61 Å². The zero-order chi connectivity index (χ0) is 10.5. The van der Waals surface area contributed by atoms with Crippen LogP contribution in [-0.4, -0.2) is 44.3 Å². The maximum atomic E-state index is 6.12. The van der Waals surface area contributed by atoms with Gasteiger partial charge in [-0.1, -0.05) is 13.8 Å². The predicted octanol–water partition coefficient (Wildman–Crippen LogP) is 1.08. The lowest BCUT2D eigenvalue weighted by Gasteiger charge is -2.43. The summed E-state index contributed by atoms with van der Waals surface area (Å²) in [7, 11) is 5.87. The second-order valence-corrected chi connectivity index (χ2v) is 3.77. The Morgan fingerprint density at radius 3 is 2.00 bits per heavy atom. The van der Waals surface area contributed by atoms with Crippen LogP contribution in [0.25, 0.3) is 0 Å². The molecular formula is C10H24N2O. The molecule has 1 atom stereocenters. The molecule has 0 rings (SSSR count). The largest absolute Gasteiger partial charge is 0.383 e. The van der Waals surface area contributed by atoms with Crippen molar-refractivity contribution in [3.8, 4) is 0 Å². The van der Waals surface area contributed by atoms with Crippen LogP contribution in [0.4, 0.5) is 0 Å². The molecule has 80 valence electrons. The van der Waals surface area contributed by atoms with Crippen LogP contribution in [0.2, 0.25) is 0 Å². The molecule has 0 aliphatic carbocycles. The van der Waals surface area contributed by atoms with Gasteiger partial charge in [0.05, 0.1) is 6.61 Å². The van der Waals surface area contributed by atoms with E-state index < -0.39 is 0 Å². The Balaban J connectivity index is 4.54. The SMILES string of the molecule is CCC(CC)(C(N)COC)N(C)C. The molecule has 0 spiro atoms. The summed E-state index contributed by atoms with van der Waals surface area (Å²) >= 11 is 0. The molecule has 0 fully saturated rings. The molecule has 0 radical (unpaired) electrons. The first-order valence-electron chi connectivity index (χ1n) is 4.97. The van der Waals surface area contributed by atoms with Gasteiger partial charge >= 0.3 is 0 Å². The van der Waals surface area contributed by atoms with E-state index in [9.17, 15) is 0 Å². The third-order valence-electron chi connectivity index (χ3n) is 3.15. The van der Waals surface area contributed by atoms with Gasteiger partial charge in [-0.3, -0.25) is 0 Å². The number of hydrogen-bond donors (Lipinski definition) is 1. The molecule has 0 aromatic carbocycles. The van der Waals surface area contributed by atoms with Gasteiger partial charge in [0.2, 0.25) is 0 Å². The molecule has 13 heavy (non-hydrogen) atoms. The van der Waals surface area contributed by atoms with Gasteiger partial charge in [-0.25, -0.2) is 0 Å². The molecule has 3 heteroatoms. The normalized spacial score (nSPS) is 15.0. The molecule has 2 N–H and O–H groups in total. The molecule has 1 unspecified atom stereocenters. The smallest absolute Gasteiger partial charge is 0.0631 e. The van der Waals surface area contributed by atoms with Crippen molar-refractivity contribution in [2.45, 2.75) is 38.3 Å². The van der Waals surface area contributed by atoms with E-state index in [-0.39, 0.29) is 11.6 Å². The first-order chi connectivity index (χ1) is 6.05. The second-order valence-electron chi connectivity index (χ2n) is 3.77. The van der Waals surface area contributed by atoms with Crippen LogP contribution in [-0.2, 0) is 4.74 Å². The van der Waals surface area contributed by atoms with Crippen molar-refractivity contribution in [1.82, 2.24) is 4.90 Å². The lowest BCUT2D eigenvalue weighted by atomic mass is 9.84. The highest BCUT2D eigenvalue weighted by atomic mass is 16.5. The van der Waals surface area contributed by atoms with E-state index in [2.05, 4.69) is 32.8 Å². The van der Waals surface area contributed by atoms with Gasteiger partial charge in [0.1, 0.15) is 0 Å². The first kappa shape index (κ1) is 12.9. The highest BCUT2D eigenvalue weighted by molar-refractivity contribution is 4.95. The Bertz CT molecular complexity index is 133. The number of ether oxygens (including phenoxy) is 1. The van der Waals surface area contributed by atoms with Crippen molar-refractivity contribution in [2.75, 3.05) is 27.8 Å². The van der Waals surface area contributed by atoms with Crippen molar-refractivity contribution < 1.29 is 4.74 Å². The lowest BCUT2D eigenvalue weighted by Crippen LogP contribution is -2.58.